The van der Waals surface area contributed by atoms with Crippen LogP contribution in [0.5, 0.6) is 0 Å². The minimum absolute atomic E-state index is 0.0249. The predicted molar refractivity (Wildman–Crippen MR) is 78.4 cm³/mol. The van der Waals surface area contributed by atoms with Crippen LogP contribution in [0.15, 0.2) is 28.7 Å². The zero-order valence-electron chi connectivity index (χ0n) is 12.5. The van der Waals surface area contributed by atoms with Gasteiger partial charge in [0.25, 0.3) is 5.91 Å². The molecule has 0 aliphatic rings. The van der Waals surface area contributed by atoms with E-state index < -0.39 is 36.3 Å². The summed E-state index contributed by atoms with van der Waals surface area (Å²) in [6.07, 6.45) is -13.0. The van der Waals surface area contributed by atoms with Gasteiger partial charge in [-0.3, -0.25) is 10.2 Å². The number of benzene rings is 1. The second-order valence-electron chi connectivity index (χ2n) is 4.79. The van der Waals surface area contributed by atoms with E-state index in [1.807, 2.05) is 0 Å². The Morgan fingerprint density at radius 2 is 1.44 bits per heavy atom. The lowest BCUT2D eigenvalue weighted by molar-refractivity contribution is -0.304. The van der Waals surface area contributed by atoms with Crippen molar-refractivity contribution in [1.82, 2.24) is 16.2 Å². The third-order valence-corrected chi connectivity index (χ3v) is 3.75. The molecule has 0 saturated carbocycles. The molecule has 0 atom stereocenters. The number of hydrogen-bond donors (Lipinski definition) is 3. The Morgan fingerprint density at radius 1 is 0.960 bits per heavy atom. The quantitative estimate of drug-likeness (QED) is 0.500. The van der Waals surface area contributed by atoms with Crippen molar-refractivity contribution in [2.24, 2.45) is 0 Å². The Morgan fingerprint density at radius 3 is 1.84 bits per heavy atom. The van der Waals surface area contributed by atoms with E-state index in [9.17, 15) is 35.9 Å². The van der Waals surface area contributed by atoms with Gasteiger partial charge in [0.15, 0.2) is 0 Å². The lowest BCUT2D eigenvalue weighted by Gasteiger charge is -2.36. The smallest absolute Gasteiger partial charge is 0.315 e. The Bertz CT molecular complexity index is 616. The van der Waals surface area contributed by atoms with E-state index >= 15 is 0 Å². The van der Waals surface area contributed by atoms with Gasteiger partial charge in [-0.1, -0.05) is 22.9 Å². The van der Waals surface area contributed by atoms with Crippen LogP contribution in [0.25, 0.3) is 0 Å². The Kier molecular flexibility index (Phi) is 6.32. The standard InChI is InChI=1S/C13H12BrF6N3O2/c1-2-11(12(15,16)17,13(18,19)20)21-10(25)23-22-9(24)7-3-5-8(14)6-4-7/h3-6H,2H2,1H3,(H,22,24)(H2,21,23,25). The number of carbonyl (C=O) groups is 2. The van der Waals surface area contributed by atoms with Crippen molar-refractivity contribution in [3.63, 3.8) is 0 Å². The van der Waals surface area contributed by atoms with Crippen molar-refractivity contribution in [2.45, 2.75) is 31.2 Å². The molecule has 1 rings (SSSR count). The SMILES string of the molecule is CCC(NC(=O)NNC(=O)c1ccc(Br)cc1)(C(F)(F)F)C(F)(F)F. The second kappa shape index (κ2) is 7.50. The first-order valence-electron chi connectivity index (χ1n) is 6.61. The molecule has 12 heteroatoms. The average Bonchev–Trinajstić information content (AvgIpc) is 2.48. The summed E-state index contributed by atoms with van der Waals surface area (Å²) in [5.74, 6) is -0.927. The molecule has 1 aromatic carbocycles. The number of carbonyl (C=O) groups excluding carboxylic acids is 2. The van der Waals surface area contributed by atoms with Gasteiger partial charge in [-0.15, -0.1) is 0 Å². The molecule has 0 aromatic heterocycles. The van der Waals surface area contributed by atoms with Gasteiger partial charge in [-0.25, -0.2) is 10.2 Å². The molecule has 0 radical (unpaired) electrons. The fourth-order valence-electron chi connectivity index (χ4n) is 1.80. The van der Waals surface area contributed by atoms with Crippen LogP contribution in [0.2, 0.25) is 0 Å². The number of urea groups is 1. The summed E-state index contributed by atoms with van der Waals surface area (Å²) in [6.45, 7) is 0.627. The Labute approximate surface area is 146 Å². The number of nitrogens with one attached hydrogen (secondary N) is 3. The molecule has 0 saturated heterocycles. The number of halogens is 7. The molecule has 3 N–H and O–H groups in total. The van der Waals surface area contributed by atoms with Gasteiger partial charge in [0, 0.05) is 10.0 Å². The molecule has 0 heterocycles. The number of hydrazine groups is 1. The lowest BCUT2D eigenvalue weighted by Crippen LogP contribution is -2.69. The number of alkyl halides is 6. The molecule has 0 spiro atoms. The molecule has 0 aliphatic heterocycles. The summed E-state index contributed by atoms with van der Waals surface area (Å²) in [6, 6.07) is 3.73. The van der Waals surface area contributed by atoms with Gasteiger partial charge < -0.3 is 5.32 Å². The van der Waals surface area contributed by atoms with E-state index in [1.54, 1.807) is 5.43 Å². The van der Waals surface area contributed by atoms with Crippen molar-refractivity contribution in [2.75, 3.05) is 0 Å². The largest absolute Gasteiger partial charge is 0.420 e. The van der Waals surface area contributed by atoms with Crippen LogP contribution in [-0.2, 0) is 0 Å². The van der Waals surface area contributed by atoms with E-state index in [4.69, 9.17) is 0 Å². The fourth-order valence-corrected chi connectivity index (χ4v) is 2.07. The summed E-state index contributed by atoms with van der Waals surface area (Å²) in [4.78, 5) is 23.1. The monoisotopic (exact) mass is 435 g/mol. The fraction of sp³-hybridized carbons (Fsp3) is 0.385. The maximum absolute atomic E-state index is 12.9. The molecule has 0 aliphatic carbocycles. The normalized spacial score (nSPS) is 12.5. The molecular formula is C13H12BrF6N3O2. The van der Waals surface area contributed by atoms with E-state index in [2.05, 4.69) is 15.9 Å². The molecule has 140 valence electrons. The van der Waals surface area contributed by atoms with Gasteiger partial charge >= 0.3 is 18.4 Å². The molecule has 1 aromatic rings. The molecular weight excluding hydrogens is 424 g/mol. The van der Waals surface area contributed by atoms with Crippen LogP contribution in [0.3, 0.4) is 0 Å². The van der Waals surface area contributed by atoms with Crippen LogP contribution < -0.4 is 16.2 Å². The molecule has 0 bridgehead atoms. The van der Waals surface area contributed by atoms with Gasteiger partial charge in [0.2, 0.25) is 5.54 Å². The predicted octanol–water partition coefficient (Wildman–Crippen LogP) is 3.67. The van der Waals surface area contributed by atoms with E-state index in [0.717, 1.165) is 5.32 Å². The molecule has 0 unspecified atom stereocenters. The highest BCUT2D eigenvalue weighted by Crippen LogP contribution is 2.45. The summed E-state index contributed by atoms with van der Waals surface area (Å²) in [5.41, 5.74) is -1.23. The summed E-state index contributed by atoms with van der Waals surface area (Å²) in [7, 11) is 0. The van der Waals surface area contributed by atoms with Crippen LogP contribution in [-0.4, -0.2) is 29.8 Å². The van der Waals surface area contributed by atoms with E-state index in [-0.39, 0.29) is 5.56 Å². The van der Waals surface area contributed by atoms with Crippen LogP contribution in [0.4, 0.5) is 31.1 Å². The third-order valence-electron chi connectivity index (χ3n) is 3.22. The molecule has 3 amide bonds. The minimum atomic E-state index is -5.78. The highest BCUT2D eigenvalue weighted by Gasteiger charge is 2.70. The molecule has 5 nitrogen and oxygen atoms in total. The Hall–Kier alpha value is -1.98. The summed E-state index contributed by atoms with van der Waals surface area (Å²) >= 11 is 3.11. The topological polar surface area (TPSA) is 70.2 Å². The maximum Gasteiger partial charge on any atom is 0.420 e. The lowest BCUT2D eigenvalue weighted by atomic mass is 9.94. The second-order valence-corrected chi connectivity index (χ2v) is 5.71. The Balaban J connectivity index is 2.82. The zero-order chi connectivity index (χ0) is 19.5. The summed E-state index contributed by atoms with van der Waals surface area (Å²) < 4.78 is 77.9. The zero-order valence-corrected chi connectivity index (χ0v) is 14.1. The van der Waals surface area contributed by atoms with Crippen molar-refractivity contribution in [1.29, 1.82) is 0 Å². The number of hydrogen-bond acceptors (Lipinski definition) is 2. The first-order valence-corrected chi connectivity index (χ1v) is 7.41. The van der Waals surface area contributed by atoms with Gasteiger partial charge in [0.05, 0.1) is 0 Å². The first kappa shape index (κ1) is 21.1. The third kappa shape index (κ3) is 4.77. The average molecular weight is 436 g/mol. The molecule has 0 fully saturated rings. The minimum Gasteiger partial charge on any atom is -0.315 e. The van der Waals surface area contributed by atoms with E-state index in [0.29, 0.717) is 11.4 Å². The van der Waals surface area contributed by atoms with Gasteiger partial charge in [-0.05, 0) is 30.7 Å². The number of rotatable bonds is 3. The highest BCUT2D eigenvalue weighted by molar-refractivity contribution is 9.10. The first-order chi connectivity index (χ1) is 11.3. The maximum atomic E-state index is 12.9. The molecule has 25 heavy (non-hydrogen) atoms. The van der Waals surface area contributed by atoms with Gasteiger partial charge in [0.1, 0.15) is 0 Å². The number of amides is 3. The van der Waals surface area contributed by atoms with Crippen molar-refractivity contribution < 1.29 is 35.9 Å². The highest BCUT2D eigenvalue weighted by atomic mass is 79.9. The van der Waals surface area contributed by atoms with Crippen molar-refractivity contribution in [3.8, 4) is 0 Å². The van der Waals surface area contributed by atoms with Crippen molar-refractivity contribution in [3.05, 3.63) is 34.3 Å². The van der Waals surface area contributed by atoms with Crippen LogP contribution >= 0.6 is 15.9 Å². The van der Waals surface area contributed by atoms with Crippen LogP contribution in [0, 0.1) is 0 Å². The van der Waals surface area contributed by atoms with Gasteiger partial charge in [-0.2, -0.15) is 26.3 Å². The van der Waals surface area contributed by atoms with Crippen LogP contribution in [0.1, 0.15) is 23.7 Å². The summed E-state index contributed by atoms with van der Waals surface area (Å²) in [5, 5.41) is 0.854. The van der Waals surface area contributed by atoms with E-state index in [1.165, 1.54) is 29.7 Å². The van der Waals surface area contributed by atoms with Crippen molar-refractivity contribution >= 4 is 27.9 Å².